The summed E-state index contributed by atoms with van der Waals surface area (Å²) in [7, 11) is 0. The molecule has 8 nitrogen and oxygen atoms in total. The number of rotatable bonds is 2. The average molecular weight is 402 g/mol. The van der Waals surface area contributed by atoms with Crippen molar-refractivity contribution in [3.05, 3.63) is 35.6 Å². The summed E-state index contributed by atoms with van der Waals surface area (Å²) in [6.07, 6.45) is 3.40. The zero-order valence-electron chi connectivity index (χ0n) is 16.8. The van der Waals surface area contributed by atoms with E-state index >= 15 is 0 Å². The lowest BCUT2D eigenvalue weighted by Crippen LogP contribution is -2.65. The smallest absolute Gasteiger partial charge is 0.304 e. The monoisotopic (exact) mass is 402 g/mol. The summed E-state index contributed by atoms with van der Waals surface area (Å²) in [4.78, 5) is 24.7. The van der Waals surface area contributed by atoms with Gasteiger partial charge in [-0.1, -0.05) is 25.7 Å². The van der Waals surface area contributed by atoms with Crippen molar-refractivity contribution in [2.45, 2.75) is 50.5 Å². The van der Waals surface area contributed by atoms with E-state index in [0.29, 0.717) is 16.8 Å². The minimum atomic E-state index is -1.84. The van der Waals surface area contributed by atoms with Gasteiger partial charge in [-0.15, -0.1) is 5.11 Å². The van der Waals surface area contributed by atoms with Crippen molar-refractivity contribution < 1.29 is 29.6 Å². The predicted octanol–water partition coefficient (Wildman–Crippen LogP) is 1.43. The lowest BCUT2D eigenvalue weighted by molar-refractivity contribution is -0.215. The maximum atomic E-state index is 12.8. The van der Waals surface area contributed by atoms with Crippen molar-refractivity contribution in [3.8, 4) is 0 Å². The van der Waals surface area contributed by atoms with Crippen molar-refractivity contribution in [3.63, 3.8) is 0 Å². The van der Waals surface area contributed by atoms with Gasteiger partial charge in [0.15, 0.2) is 5.78 Å². The fourth-order valence-electron chi connectivity index (χ4n) is 5.93. The number of hydrogen-bond donors (Lipinski definition) is 3. The van der Waals surface area contributed by atoms with Crippen LogP contribution in [0, 0.1) is 23.7 Å². The van der Waals surface area contributed by atoms with Gasteiger partial charge in [-0.05, 0) is 24.0 Å². The number of hydrogen-bond acceptors (Lipinski definition) is 8. The first kappa shape index (κ1) is 20.1. The fraction of sp³-hybridized carbons (Fsp3) is 0.619. The molecule has 0 spiro atoms. The number of aliphatic hydroxyl groups is 3. The third kappa shape index (κ3) is 2.49. The van der Waals surface area contributed by atoms with E-state index in [1.165, 1.54) is 6.92 Å². The van der Waals surface area contributed by atoms with Crippen LogP contribution in [0.4, 0.5) is 0 Å². The molecule has 0 aromatic carbocycles. The maximum absolute atomic E-state index is 12.8. The number of carbonyl (C=O) groups excluding carboxylic acids is 2. The van der Waals surface area contributed by atoms with Gasteiger partial charge < -0.3 is 20.1 Å². The van der Waals surface area contributed by atoms with E-state index in [-0.39, 0.29) is 19.4 Å². The van der Waals surface area contributed by atoms with Crippen LogP contribution in [0.1, 0.15) is 33.6 Å². The van der Waals surface area contributed by atoms with Crippen LogP contribution in [-0.4, -0.2) is 50.6 Å². The second-order valence-corrected chi connectivity index (χ2v) is 8.87. The van der Waals surface area contributed by atoms with Gasteiger partial charge in [-0.25, -0.2) is 0 Å². The van der Waals surface area contributed by atoms with Crippen molar-refractivity contribution in [2.75, 3.05) is 6.61 Å². The molecule has 1 heterocycles. The minimum Gasteiger partial charge on any atom is -0.435 e. The second kappa shape index (κ2) is 6.17. The lowest BCUT2D eigenvalue weighted by Gasteiger charge is -2.55. The van der Waals surface area contributed by atoms with Crippen molar-refractivity contribution in [1.82, 2.24) is 0 Å². The lowest BCUT2D eigenvalue weighted by atomic mass is 9.54. The molecule has 29 heavy (non-hydrogen) atoms. The quantitative estimate of drug-likeness (QED) is 0.473. The number of ketones is 1. The van der Waals surface area contributed by atoms with Crippen molar-refractivity contribution >= 4 is 11.8 Å². The Kier molecular flexibility index (Phi) is 4.28. The molecule has 7 atom stereocenters. The summed E-state index contributed by atoms with van der Waals surface area (Å²) in [5.41, 5.74) is -3.53. The van der Waals surface area contributed by atoms with E-state index in [1.54, 1.807) is 26.0 Å². The number of esters is 1. The van der Waals surface area contributed by atoms with Gasteiger partial charge in [0, 0.05) is 31.6 Å². The number of aliphatic hydroxyl groups excluding tert-OH is 1. The normalized spacial score (nSPS) is 45.7. The van der Waals surface area contributed by atoms with E-state index < -0.39 is 52.4 Å². The average Bonchev–Trinajstić information content (AvgIpc) is 3.03. The van der Waals surface area contributed by atoms with E-state index in [1.807, 2.05) is 0 Å². The molecule has 1 saturated carbocycles. The van der Waals surface area contributed by atoms with E-state index in [2.05, 4.69) is 16.8 Å². The third-order valence-electron chi connectivity index (χ3n) is 7.09. The Morgan fingerprint density at radius 1 is 1.38 bits per heavy atom. The zero-order valence-corrected chi connectivity index (χ0v) is 16.8. The van der Waals surface area contributed by atoms with Gasteiger partial charge in [0.25, 0.3) is 0 Å². The Balaban J connectivity index is 1.93. The summed E-state index contributed by atoms with van der Waals surface area (Å²) in [6, 6.07) is 0. The van der Waals surface area contributed by atoms with Crippen LogP contribution in [0.15, 0.2) is 45.8 Å². The van der Waals surface area contributed by atoms with Crippen LogP contribution in [-0.2, 0) is 14.3 Å². The topological polar surface area (TPSA) is 129 Å². The van der Waals surface area contributed by atoms with Gasteiger partial charge in [0.1, 0.15) is 5.60 Å². The molecule has 4 rings (SSSR count). The number of fused-ring (bicyclic) bond motifs is 5. The molecule has 1 fully saturated rings. The van der Waals surface area contributed by atoms with Crippen LogP contribution in [0.5, 0.6) is 0 Å². The first-order chi connectivity index (χ1) is 13.5. The van der Waals surface area contributed by atoms with Gasteiger partial charge in [-0.2, -0.15) is 5.11 Å². The highest BCUT2D eigenvalue weighted by atomic mass is 16.6. The predicted molar refractivity (Wildman–Crippen MR) is 101 cm³/mol. The standard InChI is InChI=1S/C21H26N2O6/c1-10-5-16-19(27,18(10)26)8-14(9-24)6-15-17-12(3)22-23-20(17,29-13(4)25)7-11(2)21(15,16)28/h5-6,11,15-17,24,27-28H,3,7-9H2,1-2,4H3/t11-,15+,16-,17+,19-,20+,21-/m1/s1. The Labute approximate surface area is 168 Å². The number of azo groups is 1. The number of Topliss-reactive ketones (excluding diaryl/α,β-unsaturated/α-hetero) is 1. The van der Waals surface area contributed by atoms with E-state index in [4.69, 9.17) is 4.74 Å². The molecule has 0 aromatic heterocycles. The summed E-state index contributed by atoms with van der Waals surface area (Å²) in [6.45, 7) is 8.27. The Bertz CT molecular complexity index is 907. The highest BCUT2D eigenvalue weighted by molar-refractivity contribution is 6.04. The first-order valence-corrected chi connectivity index (χ1v) is 9.79. The summed E-state index contributed by atoms with van der Waals surface area (Å²) in [5, 5.41) is 41.7. The SMILES string of the molecule is C=C1N=N[C@]2(OC(C)=O)C[C@@H](C)[C@@]3(O)[C@@H](C=C(CO)C[C@]4(O)C(=O)C(C)=C[C@@H]34)[C@H]12. The third-order valence-corrected chi connectivity index (χ3v) is 7.09. The van der Waals surface area contributed by atoms with E-state index in [9.17, 15) is 24.9 Å². The molecule has 0 aromatic rings. The van der Waals surface area contributed by atoms with Crippen molar-refractivity contribution in [1.29, 1.82) is 0 Å². The van der Waals surface area contributed by atoms with Crippen LogP contribution >= 0.6 is 0 Å². The molecule has 3 aliphatic carbocycles. The highest BCUT2D eigenvalue weighted by Gasteiger charge is 2.70. The van der Waals surface area contributed by atoms with Gasteiger partial charge in [0.2, 0.25) is 5.72 Å². The molecule has 0 amide bonds. The summed E-state index contributed by atoms with van der Waals surface area (Å²) >= 11 is 0. The number of carbonyl (C=O) groups is 2. The molecule has 156 valence electrons. The van der Waals surface area contributed by atoms with Crippen LogP contribution in [0.2, 0.25) is 0 Å². The van der Waals surface area contributed by atoms with E-state index in [0.717, 1.165) is 0 Å². The summed E-state index contributed by atoms with van der Waals surface area (Å²) in [5.74, 6) is -3.74. The van der Waals surface area contributed by atoms with Crippen LogP contribution in [0.25, 0.3) is 0 Å². The Hall–Kier alpha value is -2.16. The second-order valence-electron chi connectivity index (χ2n) is 8.87. The summed E-state index contributed by atoms with van der Waals surface area (Å²) < 4.78 is 5.62. The Morgan fingerprint density at radius 2 is 2.07 bits per heavy atom. The Morgan fingerprint density at radius 3 is 2.69 bits per heavy atom. The molecule has 3 N–H and O–H groups in total. The maximum Gasteiger partial charge on any atom is 0.304 e. The molecule has 4 aliphatic rings. The number of nitrogens with zero attached hydrogens (tertiary/aromatic N) is 2. The largest absolute Gasteiger partial charge is 0.435 e. The molecule has 0 unspecified atom stereocenters. The molecule has 0 bridgehead atoms. The number of ether oxygens (including phenoxy) is 1. The van der Waals surface area contributed by atoms with Crippen LogP contribution < -0.4 is 0 Å². The highest BCUT2D eigenvalue weighted by Crippen LogP contribution is 2.62. The molecule has 0 saturated heterocycles. The molecular formula is C21H26N2O6. The van der Waals surface area contributed by atoms with Crippen LogP contribution in [0.3, 0.4) is 0 Å². The van der Waals surface area contributed by atoms with Gasteiger partial charge in [-0.3, -0.25) is 9.59 Å². The molecular weight excluding hydrogens is 376 g/mol. The fourth-order valence-corrected chi connectivity index (χ4v) is 5.93. The zero-order chi connectivity index (χ0) is 21.4. The van der Waals surface area contributed by atoms with Gasteiger partial charge in [0.05, 0.1) is 23.8 Å². The van der Waals surface area contributed by atoms with Gasteiger partial charge >= 0.3 is 5.97 Å². The van der Waals surface area contributed by atoms with Crippen molar-refractivity contribution in [2.24, 2.45) is 33.9 Å². The minimum absolute atomic E-state index is 0.0829. The first-order valence-electron chi connectivity index (χ1n) is 9.79. The molecule has 8 heteroatoms. The molecule has 0 radical (unpaired) electrons. The molecule has 1 aliphatic heterocycles.